The first-order valence-corrected chi connectivity index (χ1v) is 5.70. The van der Waals surface area contributed by atoms with E-state index in [9.17, 15) is 0 Å². The molecular formula is C12H18O7. The first-order valence-electron chi connectivity index (χ1n) is 5.70. The molecule has 1 aromatic rings. The average Bonchev–Trinajstić information content (AvgIpc) is 2.42. The van der Waals surface area contributed by atoms with Crippen molar-refractivity contribution in [1.82, 2.24) is 0 Å². The number of rotatable bonds is 1. The van der Waals surface area contributed by atoms with Gasteiger partial charge in [-0.1, -0.05) is 18.2 Å². The summed E-state index contributed by atoms with van der Waals surface area (Å²) in [6, 6.07) is 8.71. The third-order valence-electron chi connectivity index (χ3n) is 2.62. The van der Waals surface area contributed by atoms with E-state index in [0.717, 1.165) is 0 Å². The molecule has 0 aliphatic carbocycles. The number of hydrogen-bond acceptors (Lipinski definition) is 7. The van der Waals surface area contributed by atoms with Crippen LogP contribution in [0, 0.1) is 0 Å². The quantitative estimate of drug-likeness (QED) is 0.355. The van der Waals surface area contributed by atoms with Crippen LogP contribution in [-0.4, -0.2) is 68.0 Å². The number of phenols is 1. The van der Waals surface area contributed by atoms with Crippen molar-refractivity contribution in [2.45, 2.75) is 30.7 Å². The number of benzene rings is 1. The molecule has 1 aliphatic heterocycles. The second kappa shape index (κ2) is 7.39. The van der Waals surface area contributed by atoms with E-state index < -0.39 is 37.3 Å². The minimum atomic E-state index is -1.57. The van der Waals surface area contributed by atoms with E-state index in [4.69, 9.17) is 30.6 Å². The number of hydrogen-bond donors (Lipinski definition) is 6. The molecule has 6 N–H and O–H groups in total. The van der Waals surface area contributed by atoms with Crippen LogP contribution in [0.2, 0.25) is 0 Å². The van der Waals surface area contributed by atoms with Crippen molar-refractivity contribution in [2.24, 2.45) is 0 Å². The maximum atomic E-state index is 9.12. The third kappa shape index (κ3) is 4.43. The SMILES string of the molecule is OC[C@H]1O[C@@H](O)[C@H](O)[C@@H](O)[C@@H]1O.Oc1ccccc1. The van der Waals surface area contributed by atoms with Gasteiger partial charge >= 0.3 is 0 Å². The normalized spacial score (nSPS) is 34.3. The van der Waals surface area contributed by atoms with Crippen LogP contribution in [0.25, 0.3) is 0 Å². The van der Waals surface area contributed by atoms with Crippen molar-refractivity contribution in [2.75, 3.05) is 6.61 Å². The molecule has 5 atom stereocenters. The summed E-state index contributed by atoms with van der Waals surface area (Å²) < 4.78 is 4.58. The molecule has 1 fully saturated rings. The molecule has 1 aromatic carbocycles. The molecule has 108 valence electrons. The van der Waals surface area contributed by atoms with Gasteiger partial charge in [-0.25, -0.2) is 0 Å². The van der Waals surface area contributed by atoms with Crippen LogP contribution in [0.4, 0.5) is 0 Å². The fourth-order valence-corrected chi connectivity index (χ4v) is 1.51. The fraction of sp³-hybridized carbons (Fsp3) is 0.500. The molecule has 1 saturated heterocycles. The summed E-state index contributed by atoms with van der Waals surface area (Å²) in [5.74, 6) is 0.322. The molecule has 0 spiro atoms. The van der Waals surface area contributed by atoms with Crippen LogP contribution in [-0.2, 0) is 4.74 Å². The Morgan fingerprint density at radius 3 is 1.89 bits per heavy atom. The van der Waals surface area contributed by atoms with Gasteiger partial charge in [0.1, 0.15) is 30.2 Å². The van der Waals surface area contributed by atoms with Crippen LogP contribution in [0.3, 0.4) is 0 Å². The van der Waals surface area contributed by atoms with E-state index in [2.05, 4.69) is 4.74 Å². The van der Waals surface area contributed by atoms with E-state index in [0.29, 0.717) is 5.75 Å². The van der Waals surface area contributed by atoms with Gasteiger partial charge in [0.25, 0.3) is 0 Å². The first-order chi connectivity index (χ1) is 8.97. The smallest absolute Gasteiger partial charge is 0.184 e. The lowest BCUT2D eigenvalue weighted by atomic mass is 10.00. The van der Waals surface area contributed by atoms with Gasteiger partial charge in [-0.2, -0.15) is 0 Å². The Kier molecular flexibility index (Phi) is 6.16. The topological polar surface area (TPSA) is 131 Å². The lowest BCUT2D eigenvalue weighted by Crippen LogP contribution is -2.58. The van der Waals surface area contributed by atoms with Crippen molar-refractivity contribution in [3.05, 3.63) is 30.3 Å². The van der Waals surface area contributed by atoms with Gasteiger partial charge < -0.3 is 35.4 Å². The molecule has 1 aliphatic rings. The molecule has 2 rings (SSSR count). The minimum Gasteiger partial charge on any atom is -0.508 e. The Morgan fingerprint density at radius 2 is 1.47 bits per heavy atom. The second-order valence-electron chi connectivity index (χ2n) is 4.05. The number of para-hydroxylation sites is 1. The maximum absolute atomic E-state index is 9.12. The van der Waals surface area contributed by atoms with Crippen molar-refractivity contribution in [1.29, 1.82) is 0 Å². The van der Waals surface area contributed by atoms with Gasteiger partial charge in [-0.05, 0) is 12.1 Å². The third-order valence-corrected chi connectivity index (χ3v) is 2.62. The molecule has 0 radical (unpaired) electrons. The van der Waals surface area contributed by atoms with Crippen LogP contribution in [0.15, 0.2) is 30.3 Å². The Labute approximate surface area is 110 Å². The molecule has 7 nitrogen and oxygen atoms in total. The number of phenolic OH excluding ortho intramolecular Hbond substituents is 1. The molecule has 0 unspecified atom stereocenters. The van der Waals surface area contributed by atoms with Crippen LogP contribution >= 0.6 is 0 Å². The van der Waals surface area contributed by atoms with E-state index in [1.807, 2.05) is 6.07 Å². The second-order valence-corrected chi connectivity index (χ2v) is 4.05. The summed E-state index contributed by atoms with van der Waals surface area (Å²) in [6.45, 7) is -0.526. The highest BCUT2D eigenvalue weighted by atomic mass is 16.6. The van der Waals surface area contributed by atoms with Crippen molar-refractivity contribution >= 4 is 0 Å². The van der Waals surface area contributed by atoms with E-state index in [-0.39, 0.29) is 0 Å². The zero-order valence-corrected chi connectivity index (χ0v) is 10.1. The Bertz CT molecular complexity index is 354. The zero-order chi connectivity index (χ0) is 14.4. The summed E-state index contributed by atoms with van der Waals surface area (Å²) >= 11 is 0. The van der Waals surface area contributed by atoms with Crippen LogP contribution < -0.4 is 0 Å². The van der Waals surface area contributed by atoms with Crippen LogP contribution in [0.1, 0.15) is 0 Å². The molecule has 1 heterocycles. The Balaban J connectivity index is 0.000000218. The van der Waals surface area contributed by atoms with Gasteiger partial charge in [0, 0.05) is 0 Å². The molecular weight excluding hydrogens is 256 g/mol. The van der Waals surface area contributed by atoms with Gasteiger partial charge in [0.15, 0.2) is 6.29 Å². The van der Waals surface area contributed by atoms with Crippen molar-refractivity contribution in [3.63, 3.8) is 0 Å². The fourth-order valence-electron chi connectivity index (χ4n) is 1.51. The van der Waals surface area contributed by atoms with Gasteiger partial charge in [0.05, 0.1) is 6.61 Å². The monoisotopic (exact) mass is 274 g/mol. The highest BCUT2D eigenvalue weighted by molar-refractivity contribution is 5.18. The Morgan fingerprint density at radius 1 is 0.895 bits per heavy atom. The van der Waals surface area contributed by atoms with Gasteiger partial charge in [-0.3, -0.25) is 0 Å². The molecule has 7 heteroatoms. The largest absolute Gasteiger partial charge is 0.508 e. The van der Waals surface area contributed by atoms with E-state index >= 15 is 0 Å². The maximum Gasteiger partial charge on any atom is 0.184 e. The molecule has 19 heavy (non-hydrogen) atoms. The van der Waals surface area contributed by atoms with Crippen molar-refractivity contribution < 1.29 is 35.4 Å². The molecule has 0 bridgehead atoms. The molecule has 0 aromatic heterocycles. The van der Waals surface area contributed by atoms with Gasteiger partial charge in [0.2, 0.25) is 0 Å². The summed E-state index contributed by atoms with van der Waals surface area (Å²) in [5, 5.41) is 53.3. The molecule has 0 amide bonds. The first kappa shape index (κ1) is 15.8. The van der Waals surface area contributed by atoms with Crippen LogP contribution in [0.5, 0.6) is 5.75 Å². The standard InChI is InChI=1S/C6H12O6.C6H6O/c7-1-2-3(8)4(9)5(10)6(11)12-2;7-6-4-2-1-3-5-6/h2-11H,1H2;1-5,7H/t2-,3-,4+,5-,6-;/m1./s1. The van der Waals surface area contributed by atoms with E-state index in [1.54, 1.807) is 24.3 Å². The lowest BCUT2D eigenvalue weighted by molar-refractivity contribution is -0.286. The number of aromatic hydroxyl groups is 1. The lowest BCUT2D eigenvalue weighted by Gasteiger charge is -2.37. The summed E-state index contributed by atoms with van der Waals surface area (Å²) in [6.07, 6.45) is -7.04. The summed E-state index contributed by atoms with van der Waals surface area (Å²) in [7, 11) is 0. The highest BCUT2D eigenvalue weighted by Gasteiger charge is 2.42. The highest BCUT2D eigenvalue weighted by Crippen LogP contribution is 2.18. The zero-order valence-electron chi connectivity index (χ0n) is 10.1. The van der Waals surface area contributed by atoms with Crippen molar-refractivity contribution in [3.8, 4) is 5.75 Å². The minimum absolute atomic E-state index is 0.322. The molecule has 0 saturated carbocycles. The van der Waals surface area contributed by atoms with Gasteiger partial charge in [-0.15, -0.1) is 0 Å². The summed E-state index contributed by atoms with van der Waals surface area (Å²) in [4.78, 5) is 0. The Hall–Kier alpha value is -1.22. The number of aliphatic hydroxyl groups is 5. The van der Waals surface area contributed by atoms with E-state index in [1.165, 1.54) is 0 Å². The predicted octanol–water partition coefficient (Wildman–Crippen LogP) is -1.83. The number of aliphatic hydroxyl groups excluding tert-OH is 5. The number of ether oxygens (including phenoxy) is 1. The predicted molar refractivity (Wildman–Crippen MR) is 64.1 cm³/mol. The average molecular weight is 274 g/mol. The summed E-state index contributed by atoms with van der Waals surface area (Å²) in [5.41, 5.74) is 0.